The van der Waals surface area contributed by atoms with Gasteiger partial charge in [0.2, 0.25) is 5.91 Å². The van der Waals surface area contributed by atoms with E-state index in [1.165, 1.54) is 31.0 Å². The number of amides is 3. The Morgan fingerprint density at radius 2 is 1.84 bits per heavy atom. The van der Waals surface area contributed by atoms with Crippen LogP contribution < -0.4 is 10.6 Å². The average Bonchev–Trinajstić information content (AvgIpc) is 3.15. The minimum absolute atomic E-state index is 0.0896. The van der Waals surface area contributed by atoms with Gasteiger partial charge in [-0.25, -0.2) is 4.79 Å². The van der Waals surface area contributed by atoms with Crippen molar-refractivity contribution >= 4 is 23.7 Å². The molecule has 0 atom stereocenters. The van der Waals surface area contributed by atoms with E-state index in [2.05, 4.69) is 39.6 Å². The fourth-order valence-electron chi connectivity index (χ4n) is 3.46. The Hall–Kier alpha value is -2.39. The quantitative estimate of drug-likeness (QED) is 0.577. The lowest BCUT2D eigenvalue weighted by Gasteiger charge is -2.26. The van der Waals surface area contributed by atoms with Crippen LogP contribution in [0.25, 0.3) is 5.69 Å². The molecule has 0 spiro atoms. The summed E-state index contributed by atoms with van der Waals surface area (Å²) in [5.74, 6) is 1.09. The van der Waals surface area contributed by atoms with E-state index in [0.717, 1.165) is 37.6 Å². The number of aromatic nitrogens is 3. The maximum Gasteiger partial charge on any atom is 0.321 e. The molecule has 1 aromatic carbocycles. The number of benzene rings is 1. The summed E-state index contributed by atoms with van der Waals surface area (Å²) in [7, 11) is 0. The van der Waals surface area contributed by atoms with Crippen molar-refractivity contribution in [2.24, 2.45) is 5.92 Å². The highest BCUT2D eigenvalue weighted by atomic mass is 32.2. The molecule has 1 saturated heterocycles. The van der Waals surface area contributed by atoms with Crippen molar-refractivity contribution in [3.8, 4) is 5.69 Å². The number of hydrogen-bond donors (Lipinski definition) is 2. The summed E-state index contributed by atoms with van der Waals surface area (Å²) in [6.07, 6.45) is 4.57. The monoisotopic (exact) mass is 444 g/mol. The summed E-state index contributed by atoms with van der Waals surface area (Å²) >= 11 is 1.28. The van der Waals surface area contributed by atoms with Gasteiger partial charge >= 0.3 is 6.03 Å². The van der Waals surface area contributed by atoms with Gasteiger partial charge in [0, 0.05) is 12.2 Å². The van der Waals surface area contributed by atoms with E-state index in [0.29, 0.717) is 17.6 Å². The van der Waals surface area contributed by atoms with Gasteiger partial charge in [0.1, 0.15) is 0 Å². The van der Waals surface area contributed by atoms with Crippen LogP contribution >= 0.6 is 11.8 Å². The van der Waals surface area contributed by atoms with Crippen molar-refractivity contribution in [1.29, 1.82) is 0 Å². The molecule has 0 radical (unpaired) electrons. The number of urea groups is 1. The summed E-state index contributed by atoms with van der Waals surface area (Å²) in [5.41, 5.74) is 0.967. The van der Waals surface area contributed by atoms with Gasteiger partial charge in [-0.05, 0) is 50.4 Å². The zero-order valence-corrected chi connectivity index (χ0v) is 19.2. The lowest BCUT2D eigenvalue weighted by atomic mass is 10.1. The van der Waals surface area contributed by atoms with E-state index < -0.39 is 6.03 Å². The lowest BCUT2D eigenvalue weighted by Crippen LogP contribution is -2.40. The number of hydrogen-bond acceptors (Lipinski definition) is 6. The third-order valence-electron chi connectivity index (χ3n) is 5.12. The molecule has 2 N–H and O–H groups in total. The first-order chi connectivity index (χ1) is 15.0. The minimum atomic E-state index is -0.457. The lowest BCUT2D eigenvalue weighted by molar-refractivity contribution is -0.117. The molecule has 1 fully saturated rings. The van der Waals surface area contributed by atoms with Crippen LogP contribution in [-0.4, -0.2) is 57.0 Å². The summed E-state index contributed by atoms with van der Waals surface area (Å²) < 4.78 is 2.01. The van der Waals surface area contributed by atoms with E-state index in [9.17, 15) is 9.59 Å². The highest BCUT2D eigenvalue weighted by molar-refractivity contribution is 7.99. The fraction of sp³-hybridized carbons (Fsp3) is 0.545. The number of nitrogens with one attached hydrogen (secondary N) is 2. The Morgan fingerprint density at radius 3 is 2.55 bits per heavy atom. The molecule has 31 heavy (non-hydrogen) atoms. The van der Waals surface area contributed by atoms with Gasteiger partial charge in [-0.2, -0.15) is 0 Å². The van der Waals surface area contributed by atoms with E-state index in [-0.39, 0.29) is 11.7 Å². The normalized spacial score (nSPS) is 14.5. The van der Waals surface area contributed by atoms with Crippen LogP contribution in [0.2, 0.25) is 0 Å². The van der Waals surface area contributed by atoms with E-state index >= 15 is 0 Å². The maximum atomic E-state index is 12.2. The Morgan fingerprint density at radius 1 is 1.10 bits per heavy atom. The number of rotatable bonds is 9. The van der Waals surface area contributed by atoms with Crippen molar-refractivity contribution in [2.75, 3.05) is 25.4 Å². The van der Waals surface area contributed by atoms with E-state index in [4.69, 9.17) is 0 Å². The Bertz CT molecular complexity index is 849. The molecule has 168 valence electrons. The predicted octanol–water partition coefficient (Wildman–Crippen LogP) is 3.22. The van der Waals surface area contributed by atoms with Crippen molar-refractivity contribution in [2.45, 2.75) is 51.2 Å². The number of thioether (sulfide) groups is 1. The van der Waals surface area contributed by atoms with Crippen LogP contribution in [0.5, 0.6) is 0 Å². The van der Waals surface area contributed by atoms with Crippen LogP contribution in [0.15, 0.2) is 35.5 Å². The van der Waals surface area contributed by atoms with Crippen LogP contribution in [-0.2, 0) is 11.3 Å². The molecule has 2 heterocycles. The van der Waals surface area contributed by atoms with Crippen molar-refractivity contribution < 1.29 is 9.59 Å². The average molecular weight is 445 g/mol. The third kappa shape index (κ3) is 7.36. The molecule has 8 nitrogen and oxygen atoms in total. The van der Waals surface area contributed by atoms with Gasteiger partial charge in [-0.3, -0.25) is 19.6 Å². The summed E-state index contributed by atoms with van der Waals surface area (Å²) in [4.78, 5) is 26.5. The molecule has 1 aliphatic heterocycles. The Kier molecular flexibility index (Phi) is 8.90. The van der Waals surface area contributed by atoms with Crippen LogP contribution in [0.4, 0.5) is 4.79 Å². The number of imide groups is 1. The molecule has 9 heteroatoms. The van der Waals surface area contributed by atoms with Crippen molar-refractivity contribution in [3.05, 3.63) is 36.2 Å². The first-order valence-electron chi connectivity index (χ1n) is 11.0. The van der Waals surface area contributed by atoms with Gasteiger partial charge in [-0.15, -0.1) is 10.2 Å². The molecular formula is C22H32N6O2S. The molecule has 0 saturated carbocycles. The molecule has 0 unspecified atom stereocenters. The van der Waals surface area contributed by atoms with E-state index in [1.807, 2.05) is 34.9 Å². The van der Waals surface area contributed by atoms with E-state index in [1.54, 1.807) is 0 Å². The summed E-state index contributed by atoms with van der Waals surface area (Å²) in [6.45, 7) is 7.59. The molecule has 3 rings (SSSR count). The topological polar surface area (TPSA) is 92.2 Å². The van der Waals surface area contributed by atoms with Gasteiger partial charge in [0.25, 0.3) is 0 Å². The SMILES string of the molecule is CC(C)CCNC(=O)NC(=O)CSc1nnc(CN2CCCCC2)n1-c1ccccc1. The smallest absolute Gasteiger partial charge is 0.321 e. The Balaban J connectivity index is 1.62. The first-order valence-corrected chi connectivity index (χ1v) is 11.9. The molecule has 3 amide bonds. The molecule has 1 aromatic heterocycles. The number of piperidine rings is 1. The first kappa shape index (κ1) is 23.3. The third-order valence-corrected chi connectivity index (χ3v) is 6.05. The summed E-state index contributed by atoms with van der Waals surface area (Å²) in [5, 5.41) is 14.5. The highest BCUT2D eigenvalue weighted by Crippen LogP contribution is 2.23. The zero-order chi connectivity index (χ0) is 22.1. The maximum absolute atomic E-state index is 12.2. The number of likely N-dealkylation sites (tertiary alicyclic amines) is 1. The number of carbonyl (C=O) groups excluding carboxylic acids is 2. The number of carbonyl (C=O) groups is 2. The second-order valence-corrected chi connectivity index (χ2v) is 9.12. The molecule has 0 aliphatic carbocycles. The Labute approximate surface area is 188 Å². The summed E-state index contributed by atoms with van der Waals surface area (Å²) in [6, 6.07) is 9.48. The van der Waals surface area contributed by atoms with Gasteiger partial charge < -0.3 is 5.32 Å². The fourth-order valence-corrected chi connectivity index (χ4v) is 4.23. The van der Waals surface area contributed by atoms with Crippen LogP contribution in [0, 0.1) is 5.92 Å². The number of nitrogens with zero attached hydrogens (tertiary/aromatic N) is 4. The molecule has 0 bridgehead atoms. The standard InChI is InChI=1S/C22H32N6O2S/c1-17(2)11-12-23-21(30)24-20(29)16-31-22-26-25-19(15-27-13-7-4-8-14-27)28(22)18-9-5-3-6-10-18/h3,5-6,9-10,17H,4,7-8,11-16H2,1-2H3,(H2,23,24,29,30). The second-order valence-electron chi connectivity index (χ2n) is 8.18. The largest absolute Gasteiger partial charge is 0.338 e. The van der Waals surface area contributed by atoms with Gasteiger partial charge in [0.15, 0.2) is 11.0 Å². The zero-order valence-electron chi connectivity index (χ0n) is 18.3. The minimum Gasteiger partial charge on any atom is -0.338 e. The predicted molar refractivity (Wildman–Crippen MR) is 122 cm³/mol. The van der Waals surface area contributed by atoms with Crippen molar-refractivity contribution in [1.82, 2.24) is 30.3 Å². The molecule has 2 aromatic rings. The second kappa shape index (κ2) is 11.9. The van der Waals surface area contributed by atoms with Crippen molar-refractivity contribution in [3.63, 3.8) is 0 Å². The molecule has 1 aliphatic rings. The van der Waals surface area contributed by atoms with Crippen LogP contribution in [0.1, 0.15) is 45.4 Å². The molecular weight excluding hydrogens is 412 g/mol. The van der Waals surface area contributed by atoms with Crippen LogP contribution in [0.3, 0.4) is 0 Å². The number of para-hydroxylation sites is 1. The van der Waals surface area contributed by atoms with Gasteiger partial charge in [-0.1, -0.05) is 50.2 Å². The van der Waals surface area contributed by atoms with Gasteiger partial charge in [0.05, 0.1) is 12.3 Å². The highest BCUT2D eigenvalue weighted by Gasteiger charge is 2.19.